The molecule has 2 saturated carbocycles. The number of rotatable bonds is 4. The van der Waals surface area contributed by atoms with E-state index < -0.39 is 0 Å². The summed E-state index contributed by atoms with van der Waals surface area (Å²) in [6.07, 6.45) is 11.5. The third-order valence-electron chi connectivity index (χ3n) is 5.26. The monoisotopic (exact) mass is 358 g/mol. The third-order valence-corrected chi connectivity index (χ3v) is 5.26. The predicted octanol–water partition coefficient (Wildman–Crippen LogP) is 4.60. The van der Waals surface area contributed by atoms with E-state index in [1.165, 1.54) is 38.5 Å². The summed E-state index contributed by atoms with van der Waals surface area (Å²) in [6.45, 7) is 0. The van der Waals surface area contributed by atoms with Gasteiger partial charge in [0.2, 0.25) is 0 Å². The fraction of sp³-hybridized carbons (Fsp3) is 0.600. The van der Waals surface area contributed by atoms with Crippen molar-refractivity contribution in [3.63, 3.8) is 0 Å². The zero-order valence-electron chi connectivity index (χ0n) is 15.4. The summed E-state index contributed by atoms with van der Waals surface area (Å²) in [5, 5.41) is 11.8. The highest BCUT2D eigenvalue weighted by Gasteiger charge is 2.17. The lowest BCUT2D eigenvalue weighted by atomic mass is 9.96. The van der Waals surface area contributed by atoms with Crippen LogP contribution in [0, 0.1) is 0 Å². The highest BCUT2D eigenvalue weighted by molar-refractivity contribution is 5.93. The van der Waals surface area contributed by atoms with E-state index >= 15 is 0 Å². The summed E-state index contributed by atoms with van der Waals surface area (Å²) in [6, 6.07) is 7.43. The lowest BCUT2D eigenvalue weighted by molar-refractivity contribution is 0.243. The molecule has 4 N–H and O–H groups in total. The first-order valence-corrected chi connectivity index (χ1v) is 9.94. The summed E-state index contributed by atoms with van der Waals surface area (Å²) < 4.78 is 0. The Morgan fingerprint density at radius 3 is 1.54 bits per heavy atom. The lowest BCUT2D eigenvalue weighted by Crippen LogP contribution is -2.39. The maximum Gasteiger partial charge on any atom is 0.319 e. The molecule has 142 valence electrons. The van der Waals surface area contributed by atoms with Crippen LogP contribution in [0.4, 0.5) is 21.0 Å². The van der Waals surface area contributed by atoms with Crippen LogP contribution in [-0.4, -0.2) is 24.1 Å². The number of hydrogen-bond donors (Lipinski definition) is 4. The molecule has 0 unspecified atom stereocenters. The summed E-state index contributed by atoms with van der Waals surface area (Å²) in [4.78, 5) is 24.3. The molecule has 0 bridgehead atoms. The Hall–Kier alpha value is -2.24. The zero-order chi connectivity index (χ0) is 18.2. The molecule has 6 heteroatoms. The van der Waals surface area contributed by atoms with E-state index in [1.807, 2.05) is 18.2 Å². The minimum absolute atomic E-state index is 0.180. The van der Waals surface area contributed by atoms with Gasteiger partial charge in [0.1, 0.15) is 0 Å². The lowest BCUT2D eigenvalue weighted by Gasteiger charge is -2.23. The SMILES string of the molecule is O=C(Nc1cccc(NC(=O)NC2CCCCC2)c1)NC1CCCCC1. The minimum atomic E-state index is -0.180. The molecule has 26 heavy (non-hydrogen) atoms. The second-order valence-electron chi connectivity index (χ2n) is 7.45. The van der Waals surface area contributed by atoms with E-state index in [-0.39, 0.29) is 24.1 Å². The Morgan fingerprint density at radius 2 is 1.12 bits per heavy atom. The van der Waals surface area contributed by atoms with Gasteiger partial charge < -0.3 is 21.3 Å². The molecule has 2 fully saturated rings. The van der Waals surface area contributed by atoms with Crippen LogP contribution in [0.25, 0.3) is 0 Å². The minimum Gasteiger partial charge on any atom is -0.335 e. The van der Waals surface area contributed by atoms with E-state index in [0.717, 1.165) is 25.7 Å². The van der Waals surface area contributed by atoms with Gasteiger partial charge in [-0.1, -0.05) is 44.6 Å². The molecule has 4 amide bonds. The first kappa shape index (κ1) is 18.5. The van der Waals surface area contributed by atoms with Crippen LogP contribution in [-0.2, 0) is 0 Å². The Kier molecular flexibility index (Phi) is 6.75. The number of benzene rings is 1. The molecule has 1 aromatic rings. The van der Waals surface area contributed by atoms with Crippen LogP contribution in [0.1, 0.15) is 64.2 Å². The number of anilines is 2. The summed E-state index contributed by atoms with van der Waals surface area (Å²) in [7, 11) is 0. The molecule has 0 aromatic heterocycles. The van der Waals surface area contributed by atoms with Crippen molar-refractivity contribution < 1.29 is 9.59 Å². The fourth-order valence-corrected chi connectivity index (χ4v) is 3.87. The third kappa shape index (κ3) is 5.93. The summed E-state index contributed by atoms with van der Waals surface area (Å²) in [5.74, 6) is 0. The molecule has 0 atom stereocenters. The van der Waals surface area contributed by atoms with Gasteiger partial charge in [0.15, 0.2) is 0 Å². The summed E-state index contributed by atoms with van der Waals surface area (Å²) in [5.41, 5.74) is 1.35. The van der Waals surface area contributed by atoms with Gasteiger partial charge in [-0.2, -0.15) is 0 Å². The molecule has 1 aromatic carbocycles. The largest absolute Gasteiger partial charge is 0.335 e. The number of nitrogens with one attached hydrogen (secondary N) is 4. The Balaban J connectivity index is 1.47. The van der Waals surface area contributed by atoms with Crippen molar-refractivity contribution in [1.29, 1.82) is 0 Å². The van der Waals surface area contributed by atoms with Gasteiger partial charge in [0, 0.05) is 23.5 Å². The molecule has 2 aliphatic carbocycles. The van der Waals surface area contributed by atoms with Crippen LogP contribution in [0.2, 0.25) is 0 Å². The average Bonchev–Trinajstić information content (AvgIpc) is 2.63. The number of urea groups is 2. The quantitative estimate of drug-likeness (QED) is 0.634. The second-order valence-corrected chi connectivity index (χ2v) is 7.45. The van der Waals surface area contributed by atoms with Gasteiger partial charge in [-0.25, -0.2) is 9.59 Å². The topological polar surface area (TPSA) is 82.3 Å². The molecule has 0 spiro atoms. The van der Waals surface area contributed by atoms with Crippen molar-refractivity contribution in [3.05, 3.63) is 24.3 Å². The maximum absolute atomic E-state index is 12.2. The van der Waals surface area contributed by atoms with Gasteiger partial charge >= 0.3 is 12.1 Å². The molecule has 0 heterocycles. The van der Waals surface area contributed by atoms with Crippen molar-refractivity contribution in [2.75, 3.05) is 10.6 Å². The van der Waals surface area contributed by atoms with Gasteiger partial charge in [0.05, 0.1) is 0 Å². The highest BCUT2D eigenvalue weighted by atomic mass is 16.2. The number of hydrogen-bond acceptors (Lipinski definition) is 2. The fourth-order valence-electron chi connectivity index (χ4n) is 3.87. The normalized spacial score (nSPS) is 18.8. The van der Waals surface area contributed by atoms with Crippen LogP contribution < -0.4 is 21.3 Å². The molecule has 3 rings (SSSR count). The van der Waals surface area contributed by atoms with Crippen LogP contribution >= 0.6 is 0 Å². The van der Waals surface area contributed by atoms with Crippen molar-refractivity contribution in [1.82, 2.24) is 10.6 Å². The van der Waals surface area contributed by atoms with E-state index in [1.54, 1.807) is 6.07 Å². The predicted molar refractivity (Wildman–Crippen MR) is 104 cm³/mol. The van der Waals surface area contributed by atoms with E-state index in [0.29, 0.717) is 11.4 Å². The molecular weight excluding hydrogens is 328 g/mol. The van der Waals surface area contributed by atoms with Crippen molar-refractivity contribution in [2.24, 2.45) is 0 Å². The molecule has 6 nitrogen and oxygen atoms in total. The maximum atomic E-state index is 12.2. The zero-order valence-corrected chi connectivity index (χ0v) is 15.4. The standard InChI is InChI=1S/C20H30N4O2/c25-19(21-15-8-3-1-4-9-15)23-17-12-7-13-18(14-17)24-20(26)22-16-10-5-2-6-11-16/h7,12-16H,1-6,8-11H2,(H2,21,23,25)(H2,22,24,26). The van der Waals surface area contributed by atoms with Crippen molar-refractivity contribution in [3.8, 4) is 0 Å². The Morgan fingerprint density at radius 1 is 0.692 bits per heavy atom. The Labute approximate surface area is 155 Å². The van der Waals surface area contributed by atoms with Crippen LogP contribution in [0.5, 0.6) is 0 Å². The molecule has 0 saturated heterocycles. The van der Waals surface area contributed by atoms with Gasteiger partial charge in [-0.05, 0) is 43.9 Å². The molecular formula is C20H30N4O2. The van der Waals surface area contributed by atoms with Crippen LogP contribution in [0.15, 0.2) is 24.3 Å². The van der Waals surface area contributed by atoms with Gasteiger partial charge in [-0.15, -0.1) is 0 Å². The van der Waals surface area contributed by atoms with Gasteiger partial charge in [0.25, 0.3) is 0 Å². The van der Waals surface area contributed by atoms with E-state index in [2.05, 4.69) is 21.3 Å². The first-order chi connectivity index (χ1) is 12.7. The highest BCUT2D eigenvalue weighted by Crippen LogP contribution is 2.19. The molecule has 0 radical (unpaired) electrons. The average molecular weight is 358 g/mol. The number of carbonyl (C=O) groups is 2. The van der Waals surface area contributed by atoms with Gasteiger partial charge in [-0.3, -0.25) is 0 Å². The Bertz CT molecular complexity index is 558. The molecule has 0 aliphatic heterocycles. The van der Waals surface area contributed by atoms with E-state index in [4.69, 9.17) is 0 Å². The smallest absolute Gasteiger partial charge is 0.319 e. The van der Waals surface area contributed by atoms with Crippen LogP contribution in [0.3, 0.4) is 0 Å². The first-order valence-electron chi connectivity index (χ1n) is 9.94. The van der Waals surface area contributed by atoms with Crippen molar-refractivity contribution in [2.45, 2.75) is 76.3 Å². The second kappa shape index (κ2) is 9.46. The summed E-state index contributed by atoms with van der Waals surface area (Å²) >= 11 is 0. The van der Waals surface area contributed by atoms with Crippen molar-refractivity contribution >= 4 is 23.4 Å². The molecule has 2 aliphatic rings. The van der Waals surface area contributed by atoms with E-state index in [9.17, 15) is 9.59 Å². The number of carbonyl (C=O) groups excluding carboxylic acids is 2. The number of amides is 4.